The number of carbonyl (C=O) groups excluding carboxylic acids is 2. The zero-order valence-corrected chi connectivity index (χ0v) is 10.2. The van der Waals surface area contributed by atoms with Crippen molar-refractivity contribution in [2.45, 2.75) is 0 Å². The zero-order valence-electron chi connectivity index (χ0n) is 8.61. The van der Waals surface area contributed by atoms with Gasteiger partial charge in [-0.1, -0.05) is 18.2 Å². The van der Waals surface area contributed by atoms with Crippen LogP contribution in [0.1, 0.15) is 0 Å². The summed E-state index contributed by atoms with van der Waals surface area (Å²) in [5.41, 5.74) is 1.22. The number of halogens is 1. The van der Waals surface area contributed by atoms with E-state index in [0.717, 1.165) is 10.9 Å². The van der Waals surface area contributed by atoms with E-state index in [9.17, 15) is 9.59 Å². The maximum Gasteiger partial charge on any atom is 0.276 e. The Bertz CT molecular complexity index is 685. The summed E-state index contributed by atoms with van der Waals surface area (Å²) >= 11 is 3.14. The van der Waals surface area contributed by atoms with Crippen LogP contribution in [0.25, 0.3) is 16.6 Å². The normalized spacial score (nSPS) is 15.8. The smallest absolute Gasteiger partial charge is 0.276 e. The van der Waals surface area contributed by atoms with Gasteiger partial charge < -0.3 is 4.57 Å². The van der Waals surface area contributed by atoms with Crippen LogP contribution in [0.3, 0.4) is 0 Å². The lowest BCUT2D eigenvalue weighted by molar-refractivity contribution is -0.123. The van der Waals surface area contributed by atoms with Crippen LogP contribution >= 0.6 is 15.9 Å². The van der Waals surface area contributed by atoms with Gasteiger partial charge in [-0.2, -0.15) is 0 Å². The largest absolute Gasteiger partial charge is 0.311 e. The van der Waals surface area contributed by atoms with Gasteiger partial charge in [0.15, 0.2) is 0 Å². The number of fused-ring (bicyclic) bond motifs is 1. The monoisotopic (exact) mass is 290 g/mol. The van der Waals surface area contributed by atoms with Crippen LogP contribution in [-0.2, 0) is 9.59 Å². The highest BCUT2D eigenvalue weighted by Gasteiger charge is 2.30. The number of imide groups is 1. The van der Waals surface area contributed by atoms with Crippen molar-refractivity contribution in [3.63, 3.8) is 0 Å². The fraction of sp³-hybridized carbons (Fsp3) is 0. The van der Waals surface area contributed by atoms with Gasteiger partial charge in [0.25, 0.3) is 11.8 Å². The summed E-state index contributed by atoms with van der Waals surface area (Å²) in [5, 5.41) is 3.27. The second-order valence-electron chi connectivity index (χ2n) is 3.69. The molecule has 4 nitrogen and oxygen atoms in total. The van der Waals surface area contributed by atoms with E-state index in [0.29, 0.717) is 5.70 Å². The maximum absolute atomic E-state index is 11.7. The molecule has 0 unspecified atom stereocenters. The predicted molar refractivity (Wildman–Crippen MR) is 67.2 cm³/mol. The Balaban J connectivity index is 2.29. The van der Waals surface area contributed by atoms with Crippen LogP contribution in [0.5, 0.6) is 0 Å². The number of rotatable bonds is 1. The third-order valence-corrected chi connectivity index (χ3v) is 3.43. The summed E-state index contributed by atoms with van der Waals surface area (Å²) in [5.74, 6) is -0.786. The highest BCUT2D eigenvalue weighted by Crippen LogP contribution is 2.27. The molecule has 0 atom stereocenters. The molecular formula is C12H7BrN2O2. The first-order valence-corrected chi connectivity index (χ1v) is 5.80. The highest BCUT2D eigenvalue weighted by molar-refractivity contribution is 9.12. The number of nitrogens with one attached hydrogen (secondary N) is 1. The Morgan fingerprint density at radius 1 is 1.06 bits per heavy atom. The number of aromatic nitrogens is 1. The van der Waals surface area contributed by atoms with Gasteiger partial charge in [0, 0.05) is 6.20 Å². The minimum atomic E-state index is -0.400. The average molecular weight is 291 g/mol. The molecular weight excluding hydrogens is 284 g/mol. The number of nitrogens with zero attached hydrogens (tertiary/aromatic N) is 1. The third kappa shape index (κ3) is 1.43. The van der Waals surface area contributed by atoms with Crippen LogP contribution in [0.15, 0.2) is 41.0 Å². The second kappa shape index (κ2) is 3.56. The molecule has 5 heteroatoms. The molecule has 1 aromatic heterocycles. The van der Waals surface area contributed by atoms with Crippen molar-refractivity contribution in [2.75, 3.05) is 0 Å². The fourth-order valence-electron chi connectivity index (χ4n) is 1.92. The van der Waals surface area contributed by atoms with Gasteiger partial charge in [0.2, 0.25) is 0 Å². The van der Waals surface area contributed by atoms with Gasteiger partial charge in [-0.3, -0.25) is 14.9 Å². The molecule has 1 aliphatic heterocycles. The molecule has 2 heterocycles. The van der Waals surface area contributed by atoms with Crippen LogP contribution in [0, 0.1) is 0 Å². The number of hydrogen-bond donors (Lipinski definition) is 1. The number of hydrogen-bond acceptors (Lipinski definition) is 2. The molecule has 2 aromatic rings. The summed E-state index contributed by atoms with van der Waals surface area (Å²) in [7, 11) is 0. The lowest BCUT2D eigenvalue weighted by Gasteiger charge is -2.04. The SMILES string of the molecule is O=C1NC(=O)C(n2ccc3ccccc32)=C1Br. The van der Waals surface area contributed by atoms with E-state index in [-0.39, 0.29) is 10.4 Å². The maximum atomic E-state index is 11.7. The number of carbonyl (C=O) groups is 2. The lowest BCUT2D eigenvalue weighted by atomic mass is 10.2. The number of amides is 2. The minimum Gasteiger partial charge on any atom is -0.311 e. The van der Waals surface area contributed by atoms with Gasteiger partial charge in [0.05, 0.1) is 5.52 Å². The standard InChI is InChI=1S/C12H7BrN2O2/c13-9-10(12(17)14-11(9)16)15-6-5-7-3-1-2-4-8(7)15/h1-6H,(H,14,16,17). The van der Waals surface area contributed by atoms with Crippen molar-refractivity contribution in [3.8, 4) is 0 Å². The predicted octanol–water partition coefficient (Wildman–Crippen LogP) is 1.86. The second-order valence-corrected chi connectivity index (χ2v) is 4.48. The van der Waals surface area contributed by atoms with Gasteiger partial charge in [-0.05, 0) is 33.4 Å². The van der Waals surface area contributed by atoms with E-state index in [4.69, 9.17) is 0 Å². The van der Waals surface area contributed by atoms with Crippen molar-refractivity contribution >= 4 is 44.3 Å². The zero-order chi connectivity index (χ0) is 12.0. The quantitative estimate of drug-likeness (QED) is 0.815. The summed E-state index contributed by atoms with van der Waals surface area (Å²) in [6.45, 7) is 0. The van der Waals surface area contributed by atoms with Crippen LogP contribution in [-0.4, -0.2) is 16.4 Å². The average Bonchev–Trinajstić information content (AvgIpc) is 2.82. The van der Waals surface area contributed by atoms with Crippen molar-refractivity contribution in [3.05, 3.63) is 41.0 Å². The summed E-state index contributed by atoms with van der Waals surface area (Å²) in [6, 6.07) is 9.57. The van der Waals surface area contributed by atoms with Gasteiger partial charge >= 0.3 is 0 Å². The summed E-state index contributed by atoms with van der Waals surface area (Å²) in [4.78, 5) is 23.1. The Labute approximate surface area is 105 Å². The first-order valence-electron chi connectivity index (χ1n) is 5.00. The molecule has 2 amide bonds. The van der Waals surface area contributed by atoms with E-state index in [1.165, 1.54) is 0 Å². The van der Waals surface area contributed by atoms with E-state index < -0.39 is 5.91 Å². The molecule has 84 valence electrons. The van der Waals surface area contributed by atoms with Gasteiger partial charge in [-0.25, -0.2) is 0 Å². The molecule has 1 aromatic carbocycles. The molecule has 3 rings (SSSR count). The van der Waals surface area contributed by atoms with E-state index >= 15 is 0 Å². The third-order valence-electron chi connectivity index (χ3n) is 2.69. The summed E-state index contributed by atoms with van der Waals surface area (Å²) < 4.78 is 1.98. The van der Waals surface area contributed by atoms with E-state index in [1.54, 1.807) is 10.8 Å². The Morgan fingerprint density at radius 3 is 2.53 bits per heavy atom. The molecule has 0 bridgehead atoms. The molecule has 0 fully saturated rings. The van der Waals surface area contributed by atoms with Crippen LogP contribution < -0.4 is 5.32 Å². The number of benzene rings is 1. The van der Waals surface area contributed by atoms with E-state index in [1.807, 2.05) is 30.3 Å². The van der Waals surface area contributed by atoms with Crippen molar-refractivity contribution in [1.82, 2.24) is 9.88 Å². The molecule has 0 aliphatic carbocycles. The topological polar surface area (TPSA) is 51.1 Å². The minimum absolute atomic E-state index is 0.267. The Hall–Kier alpha value is -1.88. The highest BCUT2D eigenvalue weighted by atomic mass is 79.9. The Kier molecular flexibility index (Phi) is 2.16. The first-order chi connectivity index (χ1) is 8.18. The molecule has 0 saturated heterocycles. The molecule has 0 radical (unpaired) electrons. The molecule has 0 spiro atoms. The van der Waals surface area contributed by atoms with Gasteiger partial charge in [-0.15, -0.1) is 0 Å². The molecule has 1 aliphatic rings. The van der Waals surface area contributed by atoms with E-state index in [2.05, 4.69) is 21.2 Å². The first kappa shape index (κ1) is 10.3. The van der Waals surface area contributed by atoms with Crippen LogP contribution in [0.4, 0.5) is 0 Å². The fourth-order valence-corrected chi connectivity index (χ4v) is 2.39. The molecule has 1 N–H and O–H groups in total. The Morgan fingerprint density at radius 2 is 1.82 bits per heavy atom. The molecule has 0 saturated carbocycles. The summed E-state index contributed by atoms with van der Waals surface area (Å²) in [6.07, 6.45) is 1.78. The van der Waals surface area contributed by atoms with Crippen molar-refractivity contribution < 1.29 is 9.59 Å². The number of para-hydroxylation sites is 1. The van der Waals surface area contributed by atoms with Crippen LogP contribution in [0.2, 0.25) is 0 Å². The van der Waals surface area contributed by atoms with Crippen molar-refractivity contribution in [1.29, 1.82) is 0 Å². The molecule has 17 heavy (non-hydrogen) atoms. The van der Waals surface area contributed by atoms with Gasteiger partial charge in [0.1, 0.15) is 10.2 Å². The van der Waals surface area contributed by atoms with Crippen molar-refractivity contribution in [2.24, 2.45) is 0 Å². The lowest BCUT2D eigenvalue weighted by Crippen LogP contribution is -2.23.